The number of anilines is 1. The summed E-state index contributed by atoms with van der Waals surface area (Å²) in [5.41, 5.74) is 1.72. The molecule has 1 fully saturated rings. The van der Waals surface area contributed by atoms with Gasteiger partial charge in [0.2, 0.25) is 11.9 Å². The normalized spacial score (nSPS) is 15.3. The number of nitrogens with one attached hydrogen (secondary N) is 1. The molecular formula is C20H27N5O3S. The molecule has 3 heterocycles. The summed E-state index contributed by atoms with van der Waals surface area (Å²) in [5.74, 6) is 1.55. The first-order valence-electron chi connectivity index (χ1n) is 9.67. The highest BCUT2D eigenvalue weighted by molar-refractivity contribution is 7.98. The van der Waals surface area contributed by atoms with Gasteiger partial charge in [0.15, 0.2) is 5.76 Å². The lowest BCUT2D eigenvalue weighted by atomic mass is 10.1. The molecule has 1 aliphatic rings. The van der Waals surface area contributed by atoms with Crippen LogP contribution in [0.5, 0.6) is 0 Å². The molecule has 3 rings (SSSR count). The molecule has 0 aromatic carbocycles. The highest BCUT2D eigenvalue weighted by Crippen LogP contribution is 2.14. The molecule has 0 spiro atoms. The zero-order chi connectivity index (χ0) is 20.8. The third-order valence-corrected chi connectivity index (χ3v) is 5.45. The van der Waals surface area contributed by atoms with Crippen molar-refractivity contribution >= 4 is 29.5 Å². The number of furan rings is 1. The van der Waals surface area contributed by atoms with E-state index in [1.54, 1.807) is 28.8 Å². The summed E-state index contributed by atoms with van der Waals surface area (Å²) in [6, 6.07) is 4.87. The largest absolute Gasteiger partial charge is 0.459 e. The molecule has 2 amide bonds. The first-order chi connectivity index (χ1) is 14.0. The zero-order valence-electron chi connectivity index (χ0n) is 17.1. The van der Waals surface area contributed by atoms with Crippen molar-refractivity contribution < 1.29 is 14.0 Å². The molecule has 1 aliphatic heterocycles. The van der Waals surface area contributed by atoms with E-state index in [-0.39, 0.29) is 11.8 Å². The Kier molecular flexibility index (Phi) is 7.13. The number of hydrogen-bond donors (Lipinski definition) is 1. The van der Waals surface area contributed by atoms with Gasteiger partial charge in [0.25, 0.3) is 5.91 Å². The summed E-state index contributed by atoms with van der Waals surface area (Å²) in [6.45, 7) is 5.79. The Morgan fingerprint density at radius 1 is 1.17 bits per heavy atom. The number of carbonyl (C=O) groups excluding carboxylic acids is 2. The standard InChI is InChI=1S/C20H27N5O3S/c1-14-13-15(2)22-20(21-14)23-16(6-12-29-3)18(26)24-7-9-25(10-8-24)19(27)17-5-4-11-28-17/h4-5,11,13,16H,6-10,12H2,1-3H3,(H,21,22,23)/t16-/m0/s1. The van der Waals surface area contributed by atoms with Crippen molar-refractivity contribution in [1.82, 2.24) is 19.8 Å². The van der Waals surface area contributed by atoms with Crippen LogP contribution in [0.4, 0.5) is 5.95 Å². The van der Waals surface area contributed by atoms with E-state index in [2.05, 4.69) is 15.3 Å². The van der Waals surface area contributed by atoms with Crippen molar-refractivity contribution in [2.24, 2.45) is 0 Å². The van der Waals surface area contributed by atoms with Gasteiger partial charge in [-0.05, 0) is 50.5 Å². The summed E-state index contributed by atoms with van der Waals surface area (Å²) in [6.07, 6.45) is 4.19. The average Bonchev–Trinajstić information content (AvgIpc) is 3.24. The van der Waals surface area contributed by atoms with E-state index in [1.165, 1.54) is 6.26 Å². The molecular weight excluding hydrogens is 390 g/mol. The predicted molar refractivity (Wildman–Crippen MR) is 113 cm³/mol. The number of rotatable bonds is 7. The van der Waals surface area contributed by atoms with Gasteiger partial charge in [-0.2, -0.15) is 11.8 Å². The van der Waals surface area contributed by atoms with Gasteiger partial charge in [-0.1, -0.05) is 0 Å². The first-order valence-corrected chi connectivity index (χ1v) is 11.1. The van der Waals surface area contributed by atoms with Crippen molar-refractivity contribution in [1.29, 1.82) is 0 Å². The van der Waals surface area contributed by atoms with Gasteiger partial charge in [-0.25, -0.2) is 9.97 Å². The molecule has 0 aliphatic carbocycles. The van der Waals surface area contributed by atoms with E-state index in [0.717, 1.165) is 17.1 Å². The Bertz CT molecular complexity index is 814. The fourth-order valence-corrected chi connectivity index (χ4v) is 3.82. The van der Waals surface area contributed by atoms with E-state index in [0.29, 0.717) is 44.3 Å². The van der Waals surface area contributed by atoms with Crippen LogP contribution in [0, 0.1) is 13.8 Å². The van der Waals surface area contributed by atoms with Gasteiger partial charge in [0.05, 0.1) is 6.26 Å². The Morgan fingerprint density at radius 2 is 1.83 bits per heavy atom. The lowest BCUT2D eigenvalue weighted by molar-refractivity contribution is -0.133. The van der Waals surface area contributed by atoms with E-state index < -0.39 is 6.04 Å². The number of amides is 2. The van der Waals surface area contributed by atoms with Crippen LogP contribution in [0.2, 0.25) is 0 Å². The van der Waals surface area contributed by atoms with Gasteiger partial charge >= 0.3 is 0 Å². The molecule has 2 aromatic heterocycles. The number of thioether (sulfide) groups is 1. The van der Waals surface area contributed by atoms with Crippen molar-refractivity contribution in [3.05, 3.63) is 41.6 Å². The summed E-state index contributed by atoms with van der Waals surface area (Å²) >= 11 is 1.70. The smallest absolute Gasteiger partial charge is 0.289 e. The number of aryl methyl sites for hydroxylation is 2. The van der Waals surface area contributed by atoms with Crippen LogP contribution in [0.3, 0.4) is 0 Å². The third-order valence-electron chi connectivity index (χ3n) is 4.80. The van der Waals surface area contributed by atoms with Gasteiger partial charge < -0.3 is 19.5 Å². The van der Waals surface area contributed by atoms with Crippen LogP contribution in [-0.4, -0.2) is 75.8 Å². The van der Waals surface area contributed by atoms with Gasteiger partial charge in [0.1, 0.15) is 6.04 Å². The van der Waals surface area contributed by atoms with Gasteiger partial charge in [0, 0.05) is 37.6 Å². The fraction of sp³-hybridized carbons (Fsp3) is 0.500. The molecule has 156 valence electrons. The zero-order valence-corrected chi connectivity index (χ0v) is 17.9. The maximum absolute atomic E-state index is 13.2. The van der Waals surface area contributed by atoms with Crippen LogP contribution < -0.4 is 5.32 Å². The lowest BCUT2D eigenvalue weighted by Crippen LogP contribution is -2.54. The van der Waals surface area contributed by atoms with Crippen molar-refractivity contribution in [2.75, 3.05) is 43.5 Å². The van der Waals surface area contributed by atoms with Gasteiger partial charge in [-0.3, -0.25) is 9.59 Å². The van der Waals surface area contributed by atoms with Crippen LogP contribution in [0.1, 0.15) is 28.4 Å². The summed E-state index contributed by atoms with van der Waals surface area (Å²) in [4.78, 5) is 37.9. The molecule has 8 nitrogen and oxygen atoms in total. The Hall–Kier alpha value is -2.55. The highest BCUT2D eigenvalue weighted by Gasteiger charge is 2.30. The monoisotopic (exact) mass is 417 g/mol. The number of carbonyl (C=O) groups is 2. The van der Waals surface area contributed by atoms with E-state index >= 15 is 0 Å². The first kappa shape index (κ1) is 21.2. The Balaban J connectivity index is 1.63. The van der Waals surface area contributed by atoms with E-state index in [9.17, 15) is 9.59 Å². The second kappa shape index (κ2) is 9.78. The molecule has 29 heavy (non-hydrogen) atoms. The lowest BCUT2D eigenvalue weighted by Gasteiger charge is -2.36. The number of piperazine rings is 1. The molecule has 0 saturated carbocycles. The molecule has 2 aromatic rings. The second-order valence-corrected chi connectivity index (χ2v) is 8.03. The predicted octanol–water partition coefficient (Wildman–Crippen LogP) is 2.20. The van der Waals surface area contributed by atoms with Crippen LogP contribution in [0.25, 0.3) is 0 Å². The van der Waals surface area contributed by atoms with Crippen LogP contribution >= 0.6 is 11.8 Å². The van der Waals surface area contributed by atoms with Crippen molar-refractivity contribution in [2.45, 2.75) is 26.3 Å². The van der Waals surface area contributed by atoms with E-state index in [1.807, 2.05) is 31.1 Å². The molecule has 0 unspecified atom stereocenters. The highest BCUT2D eigenvalue weighted by atomic mass is 32.2. The minimum absolute atomic E-state index is 0.0203. The SMILES string of the molecule is CSCC[C@H](Nc1nc(C)cc(C)n1)C(=O)N1CCN(C(=O)c2ccco2)CC1. The molecule has 0 bridgehead atoms. The molecule has 1 N–H and O–H groups in total. The summed E-state index contributed by atoms with van der Waals surface area (Å²) in [7, 11) is 0. The maximum atomic E-state index is 13.2. The molecule has 1 saturated heterocycles. The van der Waals surface area contributed by atoms with Crippen LogP contribution in [-0.2, 0) is 4.79 Å². The van der Waals surface area contributed by atoms with E-state index in [4.69, 9.17) is 4.42 Å². The molecule has 0 radical (unpaired) electrons. The topological polar surface area (TPSA) is 91.6 Å². The molecule has 9 heteroatoms. The Labute approximate surface area is 175 Å². The Morgan fingerprint density at radius 3 is 2.41 bits per heavy atom. The average molecular weight is 418 g/mol. The second-order valence-electron chi connectivity index (χ2n) is 7.05. The molecule has 1 atom stereocenters. The minimum Gasteiger partial charge on any atom is -0.459 e. The number of nitrogens with zero attached hydrogens (tertiary/aromatic N) is 4. The summed E-state index contributed by atoms with van der Waals surface area (Å²) in [5, 5.41) is 3.23. The van der Waals surface area contributed by atoms with Gasteiger partial charge in [-0.15, -0.1) is 0 Å². The maximum Gasteiger partial charge on any atom is 0.289 e. The fourth-order valence-electron chi connectivity index (χ4n) is 3.35. The quantitative estimate of drug-likeness (QED) is 0.738. The van der Waals surface area contributed by atoms with Crippen molar-refractivity contribution in [3.63, 3.8) is 0 Å². The van der Waals surface area contributed by atoms with Crippen molar-refractivity contribution in [3.8, 4) is 0 Å². The third kappa shape index (κ3) is 5.50. The summed E-state index contributed by atoms with van der Waals surface area (Å²) < 4.78 is 5.19. The van der Waals surface area contributed by atoms with Crippen LogP contribution in [0.15, 0.2) is 28.9 Å². The number of hydrogen-bond acceptors (Lipinski definition) is 7. The number of aromatic nitrogens is 2. The minimum atomic E-state index is -0.393.